The van der Waals surface area contributed by atoms with E-state index in [1.54, 1.807) is 0 Å². The summed E-state index contributed by atoms with van der Waals surface area (Å²) in [6.45, 7) is 4.21. The molecule has 88 valence electrons. The molecule has 1 aliphatic carbocycles. The summed E-state index contributed by atoms with van der Waals surface area (Å²) >= 11 is 0. The molecule has 2 aliphatic rings. The number of nitrogens with one attached hydrogen (secondary N) is 1. The average molecular weight is 220 g/mol. The zero-order valence-electron chi connectivity index (χ0n) is 9.96. The number of rotatable bonds is 2. The Morgan fingerprint density at radius 2 is 2.00 bits per heavy atom. The zero-order valence-corrected chi connectivity index (χ0v) is 9.96. The fraction of sp³-hybridized carbons (Fsp3) is 0.769. The Morgan fingerprint density at radius 3 is 2.69 bits per heavy atom. The van der Waals surface area contributed by atoms with Gasteiger partial charge in [0, 0.05) is 18.4 Å². The number of oxazole rings is 1. The molecule has 1 aliphatic heterocycles. The molecule has 0 amide bonds. The van der Waals surface area contributed by atoms with Gasteiger partial charge in [-0.3, -0.25) is 0 Å². The number of hydrogen-bond acceptors (Lipinski definition) is 3. The monoisotopic (exact) mass is 220 g/mol. The first-order valence-corrected chi connectivity index (χ1v) is 6.52. The minimum Gasteiger partial charge on any atom is -0.445 e. The fourth-order valence-electron chi connectivity index (χ4n) is 3.05. The van der Waals surface area contributed by atoms with Crippen LogP contribution in [0.2, 0.25) is 0 Å². The van der Waals surface area contributed by atoms with E-state index in [0.717, 1.165) is 24.7 Å². The quantitative estimate of drug-likeness (QED) is 0.832. The molecule has 1 saturated heterocycles. The van der Waals surface area contributed by atoms with Crippen LogP contribution in [-0.4, -0.2) is 18.1 Å². The highest BCUT2D eigenvalue weighted by molar-refractivity contribution is 5.17. The number of nitrogens with zero attached hydrogens (tertiary/aromatic N) is 1. The molecule has 2 fully saturated rings. The summed E-state index contributed by atoms with van der Waals surface area (Å²) in [7, 11) is 0. The molecule has 2 heterocycles. The molecule has 3 nitrogen and oxygen atoms in total. The third-order valence-electron chi connectivity index (χ3n) is 4.00. The standard InChI is InChI=1S/C13H20N2O/c1-9-12(10-4-2-3-5-10)15-13(16-9)11-6-7-14-8-11/h10-11,14H,2-8H2,1H3. The van der Waals surface area contributed by atoms with Gasteiger partial charge in [0.25, 0.3) is 0 Å². The maximum absolute atomic E-state index is 5.86. The van der Waals surface area contributed by atoms with Gasteiger partial charge in [-0.1, -0.05) is 12.8 Å². The first-order valence-electron chi connectivity index (χ1n) is 6.52. The van der Waals surface area contributed by atoms with E-state index >= 15 is 0 Å². The summed E-state index contributed by atoms with van der Waals surface area (Å²) in [5.74, 6) is 3.22. The van der Waals surface area contributed by atoms with E-state index < -0.39 is 0 Å². The van der Waals surface area contributed by atoms with Gasteiger partial charge in [-0.25, -0.2) is 4.98 Å². The van der Waals surface area contributed by atoms with Gasteiger partial charge in [0.15, 0.2) is 5.89 Å². The lowest BCUT2D eigenvalue weighted by Gasteiger charge is -2.04. The largest absolute Gasteiger partial charge is 0.445 e. The van der Waals surface area contributed by atoms with Gasteiger partial charge in [0.1, 0.15) is 5.76 Å². The van der Waals surface area contributed by atoms with Gasteiger partial charge in [-0.2, -0.15) is 0 Å². The first kappa shape index (κ1) is 10.3. The highest BCUT2D eigenvalue weighted by atomic mass is 16.4. The third-order valence-corrected chi connectivity index (χ3v) is 4.00. The van der Waals surface area contributed by atoms with Crippen LogP contribution in [0.15, 0.2) is 4.42 Å². The van der Waals surface area contributed by atoms with E-state index in [1.165, 1.54) is 37.8 Å². The van der Waals surface area contributed by atoms with Gasteiger partial charge in [-0.05, 0) is 32.7 Å². The van der Waals surface area contributed by atoms with Gasteiger partial charge >= 0.3 is 0 Å². The predicted octanol–water partition coefficient (Wildman–Crippen LogP) is 2.72. The van der Waals surface area contributed by atoms with Crippen molar-refractivity contribution in [1.82, 2.24) is 10.3 Å². The Kier molecular flexibility index (Phi) is 2.72. The second kappa shape index (κ2) is 4.21. The Balaban J connectivity index is 1.83. The fourth-order valence-corrected chi connectivity index (χ4v) is 3.05. The summed E-state index contributed by atoms with van der Waals surface area (Å²) < 4.78 is 5.86. The van der Waals surface area contributed by atoms with E-state index in [-0.39, 0.29) is 0 Å². The topological polar surface area (TPSA) is 38.1 Å². The molecular weight excluding hydrogens is 200 g/mol. The normalized spacial score (nSPS) is 26.7. The summed E-state index contributed by atoms with van der Waals surface area (Å²) in [5.41, 5.74) is 1.25. The number of aryl methyl sites for hydroxylation is 1. The Morgan fingerprint density at radius 1 is 1.19 bits per heavy atom. The molecule has 1 unspecified atom stereocenters. The average Bonchev–Trinajstić information content (AvgIpc) is 2.97. The molecule has 1 aromatic rings. The van der Waals surface area contributed by atoms with Crippen molar-refractivity contribution in [3.05, 3.63) is 17.3 Å². The summed E-state index contributed by atoms with van der Waals surface area (Å²) in [4.78, 5) is 4.77. The third kappa shape index (κ3) is 1.77. The van der Waals surface area contributed by atoms with Crippen LogP contribution in [0, 0.1) is 6.92 Å². The minimum absolute atomic E-state index is 0.508. The van der Waals surface area contributed by atoms with Gasteiger partial charge < -0.3 is 9.73 Å². The molecule has 0 aromatic carbocycles. The molecule has 3 rings (SSSR count). The van der Waals surface area contributed by atoms with Crippen molar-refractivity contribution in [3.63, 3.8) is 0 Å². The molecule has 16 heavy (non-hydrogen) atoms. The Hall–Kier alpha value is -0.830. The van der Waals surface area contributed by atoms with Crippen molar-refractivity contribution in [1.29, 1.82) is 0 Å². The Labute approximate surface area is 96.6 Å². The van der Waals surface area contributed by atoms with E-state index in [9.17, 15) is 0 Å². The zero-order chi connectivity index (χ0) is 11.0. The summed E-state index contributed by atoms with van der Waals surface area (Å²) in [6, 6.07) is 0. The molecule has 0 bridgehead atoms. The molecule has 1 atom stereocenters. The highest BCUT2D eigenvalue weighted by Gasteiger charge is 2.27. The van der Waals surface area contributed by atoms with Crippen LogP contribution in [-0.2, 0) is 0 Å². The van der Waals surface area contributed by atoms with Crippen molar-refractivity contribution >= 4 is 0 Å². The van der Waals surface area contributed by atoms with Gasteiger partial charge in [-0.15, -0.1) is 0 Å². The minimum atomic E-state index is 0.508. The number of aromatic nitrogens is 1. The maximum atomic E-state index is 5.86. The van der Waals surface area contributed by atoms with Crippen molar-refractivity contribution in [2.75, 3.05) is 13.1 Å². The van der Waals surface area contributed by atoms with Crippen LogP contribution in [0.5, 0.6) is 0 Å². The lowest BCUT2D eigenvalue weighted by molar-refractivity contribution is 0.438. The van der Waals surface area contributed by atoms with Crippen LogP contribution in [0.1, 0.15) is 61.3 Å². The maximum Gasteiger partial charge on any atom is 0.199 e. The molecule has 1 N–H and O–H groups in total. The summed E-state index contributed by atoms with van der Waals surface area (Å²) in [5, 5.41) is 3.37. The molecular formula is C13H20N2O. The SMILES string of the molecule is Cc1oc(C2CCNC2)nc1C1CCCC1. The van der Waals surface area contributed by atoms with Gasteiger partial charge in [0.05, 0.1) is 5.69 Å². The van der Waals surface area contributed by atoms with E-state index in [1.807, 2.05) is 0 Å². The van der Waals surface area contributed by atoms with Crippen molar-refractivity contribution in [2.24, 2.45) is 0 Å². The molecule has 0 spiro atoms. The Bertz CT molecular complexity index is 360. The van der Waals surface area contributed by atoms with Crippen LogP contribution in [0.25, 0.3) is 0 Å². The molecule has 1 saturated carbocycles. The summed E-state index contributed by atoms with van der Waals surface area (Å²) in [6.07, 6.45) is 6.49. The lowest BCUT2D eigenvalue weighted by Crippen LogP contribution is -2.08. The van der Waals surface area contributed by atoms with Crippen molar-refractivity contribution in [3.8, 4) is 0 Å². The van der Waals surface area contributed by atoms with Crippen molar-refractivity contribution in [2.45, 2.75) is 50.9 Å². The first-order chi connectivity index (χ1) is 7.84. The molecule has 1 aromatic heterocycles. The van der Waals surface area contributed by atoms with Crippen LogP contribution < -0.4 is 5.32 Å². The second-order valence-electron chi connectivity index (χ2n) is 5.16. The number of hydrogen-bond donors (Lipinski definition) is 1. The van der Waals surface area contributed by atoms with Crippen LogP contribution >= 0.6 is 0 Å². The highest BCUT2D eigenvalue weighted by Crippen LogP contribution is 2.36. The van der Waals surface area contributed by atoms with Crippen LogP contribution in [0.4, 0.5) is 0 Å². The van der Waals surface area contributed by atoms with E-state index in [4.69, 9.17) is 9.40 Å². The van der Waals surface area contributed by atoms with E-state index in [2.05, 4.69) is 12.2 Å². The molecule has 0 radical (unpaired) electrons. The molecule has 3 heteroatoms. The smallest absolute Gasteiger partial charge is 0.199 e. The van der Waals surface area contributed by atoms with Gasteiger partial charge in [0.2, 0.25) is 0 Å². The van der Waals surface area contributed by atoms with Crippen molar-refractivity contribution < 1.29 is 4.42 Å². The predicted molar refractivity (Wildman–Crippen MR) is 62.7 cm³/mol. The lowest BCUT2D eigenvalue weighted by atomic mass is 10.0. The van der Waals surface area contributed by atoms with E-state index in [0.29, 0.717) is 11.8 Å². The second-order valence-corrected chi connectivity index (χ2v) is 5.16. The van der Waals surface area contributed by atoms with Crippen LogP contribution in [0.3, 0.4) is 0 Å².